The molecule has 4 rings (SSSR count). The Kier molecular flexibility index (Phi) is 23.8. The third kappa shape index (κ3) is 14.8. The first-order chi connectivity index (χ1) is 20.1. The van der Waals surface area contributed by atoms with Gasteiger partial charge in [0.1, 0.15) is 0 Å². The van der Waals surface area contributed by atoms with Gasteiger partial charge in [-0.2, -0.15) is 5.75 Å². The number of ether oxygens (including phenoxy) is 1. The summed E-state index contributed by atoms with van der Waals surface area (Å²) in [6.45, 7) is 3.92. The van der Waals surface area contributed by atoms with Crippen molar-refractivity contribution in [2.75, 3.05) is 18.6 Å². The van der Waals surface area contributed by atoms with E-state index >= 15 is 0 Å². The van der Waals surface area contributed by atoms with Crippen LogP contribution in [-0.4, -0.2) is 45.6 Å². The zero-order chi connectivity index (χ0) is 31.7. The molecule has 1 N–H and O–H groups in total. The molecule has 6 nitrogen and oxygen atoms in total. The number of carbonyl (C=O) groups is 2. The standard InChI is InChI=1S/C14H12ClNO2S.C13H9Cl2NO2.C2H6S.I2.Na/c1-2-19-12-7-10(8-16-13(12)14(17)18)9-3-5-11(15)6-4-9;1-18-13(17)12-11(15)6-9(7-16-12)8-2-4-10(14)5-3-8;1-2-3;1-2;/h3-8H,2H2,1H3,(H,17,18);2-7H,1H3;3H,2H2,1H3;;/q;;;;+1/p-1. The summed E-state index contributed by atoms with van der Waals surface area (Å²) in [5.41, 5.74) is 3.79. The number of halogens is 5. The molecule has 0 bridgehead atoms. The van der Waals surface area contributed by atoms with Crippen LogP contribution in [-0.2, 0) is 17.4 Å². The molecule has 0 aliphatic heterocycles. The Morgan fingerprint density at radius 2 is 1.26 bits per heavy atom. The van der Waals surface area contributed by atoms with E-state index in [9.17, 15) is 9.59 Å². The summed E-state index contributed by atoms with van der Waals surface area (Å²) in [4.78, 5) is 31.2. The monoisotopic (exact) mass is 912 g/mol. The van der Waals surface area contributed by atoms with Gasteiger partial charge in [0.15, 0.2) is 11.4 Å². The second kappa shape index (κ2) is 24.0. The summed E-state index contributed by atoms with van der Waals surface area (Å²) < 4.78 is 4.58. The molecule has 0 spiro atoms. The zero-order valence-electron chi connectivity index (χ0n) is 23.6. The minimum Gasteiger partial charge on any atom is -0.793 e. The molecule has 0 saturated carbocycles. The average Bonchev–Trinajstić information content (AvgIpc) is 2.99. The van der Waals surface area contributed by atoms with Gasteiger partial charge in [-0.05, 0) is 53.3 Å². The van der Waals surface area contributed by atoms with Crippen LogP contribution < -0.4 is 29.6 Å². The van der Waals surface area contributed by atoms with E-state index in [-0.39, 0.29) is 46.0 Å². The van der Waals surface area contributed by atoms with E-state index in [2.05, 4.69) is 64.6 Å². The minimum absolute atomic E-state index is 0. The number of hydrogen-bond donors (Lipinski definition) is 1. The fraction of sp³-hybridized carbons (Fsp3) is 0.172. The summed E-state index contributed by atoms with van der Waals surface area (Å²) in [5.74, 6) is 0.0766. The van der Waals surface area contributed by atoms with Crippen molar-refractivity contribution in [2.45, 2.75) is 18.7 Å². The zero-order valence-corrected chi connectivity index (χ0v) is 33.8. The van der Waals surface area contributed by atoms with Crippen LogP contribution in [0.1, 0.15) is 34.8 Å². The maximum atomic E-state index is 11.3. The molecule has 0 aliphatic carbocycles. The van der Waals surface area contributed by atoms with Gasteiger partial charge in [-0.3, -0.25) is 0 Å². The van der Waals surface area contributed by atoms with Crippen molar-refractivity contribution in [3.8, 4) is 22.3 Å². The van der Waals surface area contributed by atoms with Crippen LogP contribution in [0.4, 0.5) is 0 Å². The normalized spacial score (nSPS) is 9.42. The number of methoxy groups -OCH3 is 1. The van der Waals surface area contributed by atoms with Crippen molar-refractivity contribution >= 4 is 108 Å². The number of hydrogen-bond acceptors (Lipinski definition) is 7. The smallest absolute Gasteiger partial charge is 0.793 e. The van der Waals surface area contributed by atoms with Gasteiger partial charge in [0, 0.05) is 75.7 Å². The van der Waals surface area contributed by atoms with Gasteiger partial charge < -0.3 is 22.5 Å². The predicted molar refractivity (Wildman–Crippen MR) is 195 cm³/mol. The molecule has 14 heteroatoms. The third-order valence-corrected chi connectivity index (χ3v) is 6.63. The van der Waals surface area contributed by atoms with Crippen LogP contribution in [0.3, 0.4) is 0 Å². The van der Waals surface area contributed by atoms with Crippen LogP contribution in [0.25, 0.3) is 22.3 Å². The Morgan fingerprint density at radius 3 is 1.63 bits per heavy atom. The fourth-order valence-electron chi connectivity index (χ4n) is 3.16. The molecule has 2 aromatic heterocycles. The number of aromatic carboxylic acids is 1. The number of pyridine rings is 2. The summed E-state index contributed by atoms with van der Waals surface area (Å²) in [6.07, 6.45) is 3.15. The van der Waals surface area contributed by atoms with Crippen LogP contribution in [0.15, 0.2) is 78.0 Å². The maximum Gasteiger partial charge on any atom is 1.00 e. The number of thioether (sulfide) groups is 1. The molecule has 0 unspecified atom stereocenters. The second-order valence-electron chi connectivity index (χ2n) is 7.66. The van der Waals surface area contributed by atoms with E-state index in [1.807, 2.05) is 44.2 Å². The molecule has 0 amide bonds. The number of carbonyl (C=O) groups excluding carboxylic acids is 1. The van der Waals surface area contributed by atoms with Crippen molar-refractivity contribution < 1.29 is 49.0 Å². The van der Waals surface area contributed by atoms with E-state index in [0.717, 1.165) is 33.8 Å². The maximum absolute atomic E-state index is 11.3. The summed E-state index contributed by atoms with van der Waals surface area (Å²) in [7, 11) is 1.29. The molecule has 0 aliphatic rings. The topological polar surface area (TPSA) is 89.4 Å². The van der Waals surface area contributed by atoms with Gasteiger partial charge in [0.2, 0.25) is 0 Å². The molecule has 4 aromatic rings. The van der Waals surface area contributed by atoms with Crippen LogP contribution in [0.5, 0.6) is 0 Å². The minimum atomic E-state index is -1.00. The van der Waals surface area contributed by atoms with Crippen LogP contribution in [0.2, 0.25) is 15.1 Å². The van der Waals surface area contributed by atoms with Crippen LogP contribution >= 0.6 is 83.8 Å². The van der Waals surface area contributed by atoms with Gasteiger partial charge in [-0.25, -0.2) is 19.6 Å². The van der Waals surface area contributed by atoms with E-state index in [1.54, 1.807) is 42.7 Å². The SMILES string of the molecule is CCSc1cc(-c2ccc(Cl)cc2)cnc1C(=O)O.CC[S-].COC(=O)c1ncc(-c2ccc(Cl)cc2)cc1Cl.II.[Na+]. The molecular formula is C29H26Cl3I2N2NaO4S2. The molecular weight excluding hydrogens is 888 g/mol. The molecule has 2 heterocycles. The number of carboxylic acid groups (broad SMARTS) is 1. The van der Waals surface area contributed by atoms with Crippen molar-refractivity contribution in [2.24, 2.45) is 0 Å². The van der Waals surface area contributed by atoms with Crippen molar-refractivity contribution in [3.63, 3.8) is 0 Å². The molecule has 43 heavy (non-hydrogen) atoms. The predicted octanol–water partition coefficient (Wildman–Crippen LogP) is 7.38. The van der Waals surface area contributed by atoms with Gasteiger partial charge in [0.25, 0.3) is 0 Å². The van der Waals surface area contributed by atoms with E-state index in [1.165, 1.54) is 18.9 Å². The summed E-state index contributed by atoms with van der Waals surface area (Å²) in [5, 5.41) is 10.7. The number of benzene rings is 2. The molecule has 2 aromatic carbocycles. The Morgan fingerprint density at radius 1 is 0.837 bits per heavy atom. The first-order valence-electron chi connectivity index (χ1n) is 12.0. The van der Waals surface area contributed by atoms with E-state index in [4.69, 9.17) is 39.9 Å². The molecule has 0 fully saturated rings. The Bertz CT molecular complexity index is 1440. The quantitative estimate of drug-likeness (QED) is 0.0706. The Hall–Kier alpha value is -0.290. The fourth-order valence-corrected chi connectivity index (χ4v) is 4.45. The average molecular weight is 914 g/mol. The van der Waals surface area contributed by atoms with Crippen molar-refractivity contribution in [1.29, 1.82) is 0 Å². The first kappa shape index (κ1) is 42.7. The summed E-state index contributed by atoms with van der Waals surface area (Å²) in [6, 6.07) is 18.2. The van der Waals surface area contributed by atoms with Gasteiger partial charge >= 0.3 is 41.5 Å². The molecule has 0 radical (unpaired) electrons. The van der Waals surface area contributed by atoms with E-state index in [0.29, 0.717) is 14.9 Å². The Balaban J connectivity index is 0.000000700. The van der Waals surface area contributed by atoms with E-state index < -0.39 is 11.9 Å². The van der Waals surface area contributed by atoms with Crippen molar-refractivity contribution in [1.82, 2.24) is 9.97 Å². The largest absolute Gasteiger partial charge is 1.00 e. The van der Waals surface area contributed by atoms with Gasteiger partial charge in [-0.15, -0.1) is 11.8 Å². The molecule has 0 atom stereocenters. The number of carboxylic acids is 1. The first-order valence-corrected chi connectivity index (χ1v) is 21.0. The molecule has 224 valence electrons. The summed E-state index contributed by atoms with van der Waals surface area (Å²) >= 11 is 27.8. The second-order valence-corrected chi connectivity index (χ2v) is 10.8. The number of aromatic nitrogens is 2. The Labute approximate surface area is 322 Å². The number of rotatable bonds is 6. The van der Waals surface area contributed by atoms with Crippen LogP contribution in [0, 0.1) is 0 Å². The van der Waals surface area contributed by atoms with Crippen molar-refractivity contribution in [3.05, 3.63) is 99.5 Å². The molecule has 0 saturated heterocycles. The van der Waals surface area contributed by atoms with Gasteiger partial charge in [-0.1, -0.05) is 72.9 Å². The third-order valence-electron chi connectivity index (χ3n) is 4.93. The number of nitrogens with zero attached hydrogens (tertiary/aromatic N) is 2. The number of esters is 1. The van der Waals surface area contributed by atoms with Gasteiger partial charge in [0.05, 0.1) is 12.1 Å².